The van der Waals surface area contributed by atoms with Crippen molar-refractivity contribution in [2.45, 2.75) is 89.8 Å². The third-order valence-electron chi connectivity index (χ3n) is 5.29. The van der Waals surface area contributed by atoms with E-state index in [2.05, 4.69) is 5.32 Å². The molecule has 0 aromatic rings. The lowest BCUT2D eigenvalue weighted by molar-refractivity contribution is -0.152. The zero-order valence-corrected chi connectivity index (χ0v) is 15.5. The van der Waals surface area contributed by atoms with Crippen LogP contribution in [-0.2, 0) is 19.1 Å². The van der Waals surface area contributed by atoms with E-state index in [4.69, 9.17) is 10.2 Å². The summed E-state index contributed by atoms with van der Waals surface area (Å²) in [7, 11) is 0. The minimum Gasteiger partial charge on any atom is -0.480 e. The fourth-order valence-corrected chi connectivity index (χ4v) is 4.12. The summed E-state index contributed by atoms with van der Waals surface area (Å²) in [6, 6.07) is -5.61. The number of ether oxygens (including phenoxy) is 1. The van der Waals surface area contributed by atoms with Gasteiger partial charge in [0.2, 0.25) is 5.91 Å². The molecule has 1 aliphatic heterocycles. The maximum atomic E-state index is 13.5. The van der Waals surface area contributed by atoms with Gasteiger partial charge in [0.25, 0.3) is 0 Å². The summed E-state index contributed by atoms with van der Waals surface area (Å²) in [5.41, 5.74) is 0. The van der Waals surface area contributed by atoms with Crippen LogP contribution >= 0.6 is 0 Å². The molecule has 5 atom stereocenters. The summed E-state index contributed by atoms with van der Waals surface area (Å²) in [5.74, 6) is -3.09. The molecule has 2 N–H and O–H groups in total. The number of esters is 1. The van der Waals surface area contributed by atoms with Crippen molar-refractivity contribution in [3.63, 3.8) is 0 Å². The van der Waals surface area contributed by atoms with Gasteiger partial charge in [-0.15, -0.1) is 0 Å². The van der Waals surface area contributed by atoms with Crippen molar-refractivity contribution < 1.29 is 29.7 Å². The third kappa shape index (κ3) is 4.55. The normalized spacial score (nSPS) is 31.5. The van der Waals surface area contributed by atoms with Crippen LogP contribution in [0.4, 0.5) is 0 Å². The molecule has 0 aromatic carbocycles. The number of hydrogen-bond acceptors (Lipinski definition) is 5. The second-order valence-electron chi connectivity index (χ2n) is 7.03. The van der Waals surface area contributed by atoms with Gasteiger partial charge < -0.3 is 14.7 Å². The smallest absolute Gasteiger partial charge is 0.326 e. The highest BCUT2D eigenvalue weighted by Crippen LogP contribution is 2.40. The molecule has 26 heavy (non-hydrogen) atoms. The highest BCUT2D eigenvalue weighted by atomic mass is 16.5. The summed E-state index contributed by atoms with van der Waals surface area (Å²) in [6.45, 7) is 0.335. The topological polar surface area (TPSA) is 95.9 Å². The first kappa shape index (κ1) is 15.4. The van der Waals surface area contributed by atoms with Gasteiger partial charge >= 0.3 is 11.9 Å². The highest BCUT2D eigenvalue weighted by Gasteiger charge is 2.48. The van der Waals surface area contributed by atoms with Crippen LogP contribution in [0.25, 0.3) is 0 Å². The van der Waals surface area contributed by atoms with E-state index in [0.717, 1.165) is 24.2 Å². The molecule has 1 saturated heterocycles. The van der Waals surface area contributed by atoms with E-state index < -0.39 is 48.8 Å². The Hall–Kier alpha value is -1.63. The lowest BCUT2D eigenvalue weighted by atomic mass is 9.84. The number of carbonyl (C=O) groups excluding carboxylic acids is 2. The van der Waals surface area contributed by atoms with E-state index in [9.17, 15) is 19.5 Å². The Morgan fingerprint density at radius 2 is 2.08 bits per heavy atom. The molecular formula is C19H32N2O5. The first-order chi connectivity index (χ1) is 14.0. The Morgan fingerprint density at radius 3 is 2.69 bits per heavy atom. The van der Waals surface area contributed by atoms with Gasteiger partial charge in [-0.1, -0.05) is 26.2 Å². The Kier molecular flexibility index (Phi) is 5.55. The first-order valence-corrected chi connectivity index (χ1v) is 9.47. The number of fused-ring (bicyclic) bond motifs is 1. The Balaban J connectivity index is 2.42. The molecule has 1 saturated carbocycles. The molecule has 0 aromatic heterocycles. The molecule has 2 fully saturated rings. The first-order valence-electron chi connectivity index (χ1n) is 11.5. The molecule has 7 nitrogen and oxygen atoms in total. The number of aliphatic carboxylic acids is 1. The van der Waals surface area contributed by atoms with Crippen molar-refractivity contribution in [2.75, 3.05) is 6.61 Å². The zero-order chi connectivity index (χ0) is 22.7. The Labute approximate surface area is 161 Å². The van der Waals surface area contributed by atoms with Gasteiger partial charge in [0.1, 0.15) is 12.1 Å². The monoisotopic (exact) mass is 372 g/mol. The maximum Gasteiger partial charge on any atom is 0.326 e. The van der Waals surface area contributed by atoms with Crippen LogP contribution in [0.1, 0.15) is 71.1 Å². The van der Waals surface area contributed by atoms with Crippen LogP contribution in [0.2, 0.25) is 0 Å². The van der Waals surface area contributed by atoms with E-state index in [1.54, 1.807) is 13.8 Å². The molecule has 0 bridgehead atoms. The number of carbonyl (C=O) groups is 3. The van der Waals surface area contributed by atoms with Crippen molar-refractivity contribution in [3.05, 3.63) is 0 Å². The average molecular weight is 372 g/mol. The van der Waals surface area contributed by atoms with Crippen LogP contribution < -0.4 is 5.32 Å². The minimum atomic E-state index is -3.13. The molecule has 1 aliphatic carbocycles. The van der Waals surface area contributed by atoms with Crippen molar-refractivity contribution in [1.29, 1.82) is 0 Å². The SMILES string of the molecule is [2H]C([2H])([2H])[C@@]([2H])(N[C@H](CCC)C(=O)OCC)C(=O)N1[C@@H](C(=O)O)C[C@H]2CCCC[C@H]21. The molecule has 148 valence electrons. The molecule has 0 radical (unpaired) electrons. The number of nitrogens with one attached hydrogen (secondary N) is 1. The number of carboxylic acids is 1. The van der Waals surface area contributed by atoms with E-state index >= 15 is 0 Å². The number of nitrogens with zero attached hydrogens (tertiary/aromatic N) is 1. The summed E-state index contributed by atoms with van der Waals surface area (Å²) in [4.78, 5) is 38.8. The Morgan fingerprint density at radius 1 is 1.35 bits per heavy atom. The number of rotatable bonds is 8. The van der Waals surface area contributed by atoms with Gasteiger partial charge in [0.05, 0.1) is 14.0 Å². The van der Waals surface area contributed by atoms with Gasteiger partial charge in [-0.2, -0.15) is 0 Å². The summed E-state index contributed by atoms with van der Waals surface area (Å²) < 4.78 is 37.3. The van der Waals surface area contributed by atoms with Crippen molar-refractivity contribution in [2.24, 2.45) is 5.92 Å². The zero-order valence-electron chi connectivity index (χ0n) is 19.5. The average Bonchev–Trinajstić information content (AvgIpc) is 3.06. The quantitative estimate of drug-likeness (QED) is 0.632. The molecule has 2 rings (SSSR count). The number of hydrogen-bond donors (Lipinski definition) is 2. The molecular weight excluding hydrogens is 336 g/mol. The lowest BCUT2D eigenvalue weighted by Crippen LogP contribution is -2.55. The van der Waals surface area contributed by atoms with Crippen molar-refractivity contribution in [1.82, 2.24) is 10.2 Å². The highest BCUT2D eigenvalue weighted by molar-refractivity contribution is 5.88. The number of carboxylic acid groups (broad SMARTS) is 1. The minimum absolute atomic E-state index is 0.0267. The Bertz CT molecular complexity index is 659. The predicted octanol–water partition coefficient (Wildman–Crippen LogP) is 1.94. The summed E-state index contributed by atoms with van der Waals surface area (Å²) in [6.07, 6.45) is 4.01. The molecule has 7 heteroatoms. The van der Waals surface area contributed by atoms with E-state index in [1.165, 1.54) is 0 Å². The molecule has 2 aliphatic rings. The third-order valence-corrected chi connectivity index (χ3v) is 5.29. The number of likely N-dealkylation sites (tertiary alicyclic amines) is 1. The van der Waals surface area contributed by atoms with Crippen LogP contribution in [0.5, 0.6) is 0 Å². The van der Waals surface area contributed by atoms with Gasteiger partial charge in [0, 0.05) is 10.2 Å². The molecule has 1 heterocycles. The molecule has 1 amide bonds. The largest absolute Gasteiger partial charge is 0.480 e. The summed E-state index contributed by atoms with van der Waals surface area (Å²) in [5, 5.41) is 12.1. The molecule has 0 unspecified atom stereocenters. The van der Waals surface area contributed by atoms with Gasteiger partial charge in [-0.3, -0.25) is 14.9 Å². The van der Waals surface area contributed by atoms with Crippen LogP contribution in [0.15, 0.2) is 0 Å². The second-order valence-corrected chi connectivity index (χ2v) is 7.03. The van der Waals surface area contributed by atoms with Gasteiger partial charge in [-0.25, -0.2) is 4.79 Å². The van der Waals surface area contributed by atoms with Crippen molar-refractivity contribution in [3.8, 4) is 0 Å². The van der Waals surface area contributed by atoms with E-state index in [-0.39, 0.29) is 25.4 Å². The maximum absolute atomic E-state index is 13.5. The van der Waals surface area contributed by atoms with E-state index in [1.807, 2.05) is 0 Å². The van der Waals surface area contributed by atoms with Crippen molar-refractivity contribution >= 4 is 17.8 Å². The predicted molar refractivity (Wildman–Crippen MR) is 96.6 cm³/mol. The van der Waals surface area contributed by atoms with Crippen LogP contribution in [0.3, 0.4) is 0 Å². The summed E-state index contributed by atoms with van der Waals surface area (Å²) >= 11 is 0. The van der Waals surface area contributed by atoms with Gasteiger partial charge in [0.15, 0.2) is 0 Å². The van der Waals surface area contributed by atoms with Crippen LogP contribution in [-0.4, -0.2) is 58.6 Å². The fraction of sp³-hybridized carbons (Fsp3) is 0.842. The lowest BCUT2D eigenvalue weighted by Gasteiger charge is -2.35. The second kappa shape index (κ2) is 9.35. The molecule has 0 spiro atoms. The standard InChI is InChI=1S/C19H32N2O5/c1-4-8-14(19(25)26-5-2)20-12(3)17(22)21-15-10-7-6-9-13(15)11-16(21)18(23)24/h12-16,20H,4-11H2,1-3H3,(H,23,24)/t12-,13-,14-,15-,16-/m1/s1/i3D3,12D. The van der Waals surface area contributed by atoms with Gasteiger partial charge in [-0.05, 0) is 45.4 Å². The number of amides is 1. The fourth-order valence-electron chi connectivity index (χ4n) is 4.12. The van der Waals surface area contributed by atoms with Crippen LogP contribution in [0, 0.1) is 5.92 Å². The van der Waals surface area contributed by atoms with E-state index in [0.29, 0.717) is 12.8 Å².